The number of carbonyl (C=O) groups excluding carboxylic acids is 1. The number of amides is 1. The summed E-state index contributed by atoms with van der Waals surface area (Å²) in [6, 6.07) is 5.01. The second-order valence-electron chi connectivity index (χ2n) is 5.14. The first-order chi connectivity index (χ1) is 9.85. The van der Waals surface area contributed by atoms with Crippen molar-refractivity contribution in [2.75, 3.05) is 12.3 Å². The number of hydrogen-bond acceptors (Lipinski definition) is 3. The van der Waals surface area contributed by atoms with Crippen LogP contribution < -0.4 is 5.32 Å². The number of rotatable bonds is 4. The molecule has 0 radical (unpaired) electrons. The molecule has 1 aliphatic rings. The fourth-order valence-electron chi connectivity index (χ4n) is 2.49. The Labute approximate surface area is 130 Å². The minimum Gasteiger partial charge on any atom is -0.351 e. The number of likely N-dealkylation sites (N-methyl/N-ethyl adjacent to an activating group) is 1. The van der Waals surface area contributed by atoms with Gasteiger partial charge in [-0.2, -0.15) is 4.31 Å². The Kier molecular flexibility index (Phi) is 4.91. The summed E-state index contributed by atoms with van der Waals surface area (Å²) in [5.74, 6) is -0.237. The van der Waals surface area contributed by atoms with Crippen molar-refractivity contribution >= 4 is 27.5 Å². The summed E-state index contributed by atoms with van der Waals surface area (Å²) >= 11 is 6.12. The minimum absolute atomic E-state index is 0.0320. The van der Waals surface area contributed by atoms with Crippen molar-refractivity contribution in [1.82, 2.24) is 9.62 Å². The summed E-state index contributed by atoms with van der Waals surface area (Å²) in [5.41, 5.74) is 1.87. The quantitative estimate of drug-likeness (QED) is 0.913. The molecule has 1 atom stereocenters. The summed E-state index contributed by atoms with van der Waals surface area (Å²) in [5, 5.41) is 3.37. The molecule has 1 fully saturated rings. The molecule has 116 valence electrons. The summed E-state index contributed by atoms with van der Waals surface area (Å²) < 4.78 is 24.9. The highest BCUT2D eigenvalue weighted by molar-refractivity contribution is 7.89. The Balaban J connectivity index is 2.02. The molecule has 1 unspecified atom stereocenters. The number of sulfonamides is 1. The van der Waals surface area contributed by atoms with E-state index in [2.05, 4.69) is 5.32 Å². The molecule has 0 aliphatic carbocycles. The van der Waals surface area contributed by atoms with Crippen LogP contribution in [0, 0.1) is 6.92 Å². The van der Waals surface area contributed by atoms with Gasteiger partial charge in [0.2, 0.25) is 15.9 Å². The molecule has 21 heavy (non-hydrogen) atoms. The van der Waals surface area contributed by atoms with Crippen LogP contribution in [-0.2, 0) is 21.4 Å². The van der Waals surface area contributed by atoms with Gasteiger partial charge in [-0.25, -0.2) is 8.42 Å². The summed E-state index contributed by atoms with van der Waals surface area (Å²) in [7, 11) is -3.28. The zero-order chi connectivity index (χ0) is 15.6. The highest BCUT2D eigenvalue weighted by atomic mass is 35.5. The highest BCUT2D eigenvalue weighted by Gasteiger charge is 2.40. The van der Waals surface area contributed by atoms with Gasteiger partial charge in [0.25, 0.3) is 0 Å². The fraction of sp³-hybridized carbons (Fsp3) is 0.500. The zero-order valence-electron chi connectivity index (χ0n) is 12.1. The van der Waals surface area contributed by atoms with Gasteiger partial charge in [-0.05, 0) is 30.5 Å². The molecule has 1 saturated heterocycles. The number of halogens is 1. The zero-order valence-corrected chi connectivity index (χ0v) is 13.7. The van der Waals surface area contributed by atoms with Gasteiger partial charge >= 0.3 is 0 Å². The lowest BCUT2D eigenvalue weighted by Crippen LogP contribution is -2.44. The number of aryl methyl sites for hydroxylation is 1. The third kappa shape index (κ3) is 3.56. The van der Waals surface area contributed by atoms with Gasteiger partial charge in [-0.15, -0.1) is 0 Å². The molecule has 1 heterocycles. The van der Waals surface area contributed by atoms with E-state index in [1.54, 1.807) is 6.92 Å². The second kappa shape index (κ2) is 6.34. The molecule has 1 aromatic rings. The van der Waals surface area contributed by atoms with Crippen molar-refractivity contribution in [2.24, 2.45) is 0 Å². The van der Waals surface area contributed by atoms with E-state index in [0.29, 0.717) is 24.5 Å². The predicted octanol–water partition coefficient (Wildman–Crippen LogP) is 1.69. The van der Waals surface area contributed by atoms with Gasteiger partial charge in [0, 0.05) is 18.1 Å². The molecule has 1 amide bonds. The van der Waals surface area contributed by atoms with Crippen LogP contribution in [0.5, 0.6) is 0 Å². The molecular formula is C14H19ClN2O3S. The standard InChI is InChI=1S/C14H19ClN2O3S/c1-3-17-13(6-7-21(17,19)20)14(18)16-9-11-5-4-10(2)8-12(11)15/h4-5,8,13H,3,6-7,9H2,1-2H3,(H,16,18). The van der Waals surface area contributed by atoms with Crippen molar-refractivity contribution in [3.05, 3.63) is 34.3 Å². The average Bonchev–Trinajstić information content (AvgIpc) is 2.72. The number of nitrogens with one attached hydrogen (secondary N) is 1. The average molecular weight is 331 g/mol. The van der Waals surface area contributed by atoms with Crippen LogP contribution in [-0.4, -0.2) is 37.0 Å². The number of hydrogen-bond donors (Lipinski definition) is 1. The maximum absolute atomic E-state index is 12.2. The van der Waals surface area contributed by atoms with Crippen LogP contribution in [0.3, 0.4) is 0 Å². The van der Waals surface area contributed by atoms with Crippen LogP contribution in [0.15, 0.2) is 18.2 Å². The van der Waals surface area contributed by atoms with Crippen LogP contribution in [0.4, 0.5) is 0 Å². The van der Waals surface area contributed by atoms with E-state index in [1.807, 2.05) is 25.1 Å². The first-order valence-electron chi connectivity index (χ1n) is 6.87. The molecular weight excluding hydrogens is 312 g/mol. The monoisotopic (exact) mass is 330 g/mol. The van der Waals surface area contributed by atoms with Crippen LogP contribution in [0.1, 0.15) is 24.5 Å². The van der Waals surface area contributed by atoms with Gasteiger partial charge in [-0.1, -0.05) is 30.7 Å². The number of nitrogens with zero attached hydrogens (tertiary/aromatic N) is 1. The van der Waals surface area contributed by atoms with E-state index in [9.17, 15) is 13.2 Å². The van der Waals surface area contributed by atoms with Crippen molar-refractivity contribution < 1.29 is 13.2 Å². The van der Waals surface area contributed by atoms with E-state index < -0.39 is 16.1 Å². The molecule has 7 heteroatoms. The van der Waals surface area contributed by atoms with Crippen LogP contribution in [0.2, 0.25) is 5.02 Å². The number of carbonyl (C=O) groups is 1. The summed E-state index contributed by atoms with van der Waals surface area (Å²) in [6.07, 6.45) is 0.337. The molecule has 1 aromatic carbocycles. The van der Waals surface area contributed by atoms with E-state index in [4.69, 9.17) is 11.6 Å². The number of benzene rings is 1. The highest BCUT2D eigenvalue weighted by Crippen LogP contribution is 2.21. The molecule has 1 aliphatic heterocycles. The van der Waals surface area contributed by atoms with Crippen LogP contribution >= 0.6 is 11.6 Å². The Hall–Kier alpha value is -1.11. The Morgan fingerprint density at radius 2 is 2.19 bits per heavy atom. The van der Waals surface area contributed by atoms with Gasteiger partial charge in [0.1, 0.15) is 6.04 Å². The minimum atomic E-state index is -3.28. The van der Waals surface area contributed by atoms with Crippen molar-refractivity contribution in [3.8, 4) is 0 Å². The summed E-state index contributed by atoms with van der Waals surface area (Å²) in [6.45, 7) is 4.29. The fourth-order valence-corrected chi connectivity index (χ4v) is 4.53. The second-order valence-corrected chi connectivity index (χ2v) is 7.58. The lowest BCUT2D eigenvalue weighted by molar-refractivity contribution is -0.124. The first-order valence-corrected chi connectivity index (χ1v) is 8.86. The molecule has 0 spiro atoms. The Bertz CT molecular complexity index is 646. The maximum Gasteiger partial charge on any atom is 0.238 e. The molecule has 5 nitrogen and oxygen atoms in total. The molecule has 1 N–H and O–H groups in total. The van der Waals surface area contributed by atoms with E-state index in [1.165, 1.54) is 4.31 Å². The third-order valence-electron chi connectivity index (χ3n) is 3.63. The largest absolute Gasteiger partial charge is 0.351 e. The van der Waals surface area contributed by atoms with Crippen molar-refractivity contribution in [3.63, 3.8) is 0 Å². The van der Waals surface area contributed by atoms with Crippen LogP contribution in [0.25, 0.3) is 0 Å². The molecule has 0 bridgehead atoms. The van der Waals surface area contributed by atoms with Gasteiger partial charge in [-0.3, -0.25) is 4.79 Å². The summed E-state index contributed by atoms with van der Waals surface area (Å²) in [4.78, 5) is 12.2. The SMILES string of the molecule is CCN1C(C(=O)NCc2ccc(C)cc2Cl)CCS1(=O)=O. The first kappa shape index (κ1) is 16.3. The van der Waals surface area contributed by atoms with E-state index >= 15 is 0 Å². The Morgan fingerprint density at radius 1 is 1.48 bits per heavy atom. The molecule has 0 aromatic heterocycles. The van der Waals surface area contributed by atoms with E-state index in [-0.39, 0.29) is 11.7 Å². The predicted molar refractivity (Wildman–Crippen MR) is 82.6 cm³/mol. The van der Waals surface area contributed by atoms with Crippen molar-refractivity contribution in [1.29, 1.82) is 0 Å². The maximum atomic E-state index is 12.2. The normalized spacial score (nSPS) is 21.4. The Morgan fingerprint density at radius 3 is 2.81 bits per heavy atom. The van der Waals surface area contributed by atoms with Crippen molar-refractivity contribution in [2.45, 2.75) is 32.9 Å². The van der Waals surface area contributed by atoms with Gasteiger partial charge in [0.05, 0.1) is 5.75 Å². The third-order valence-corrected chi connectivity index (χ3v) is 5.96. The molecule has 2 rings (SSSR count). The molecule has 0 saturated carbocycles. The topological polar surface area (TPSA) is 66.5 Å². The lowest BCUT2D eigenvalue weighted by atomic mass is 10.1. The van der Waals surface area contributed by atoms with Gasteiger partial charge < -0.3 is 5.32 Å². The lowest BCUT2D eigenvalue weighted by Gasteiger charge is -2.20. The van der Waals surface area contributed by atoms with Gasteiger partial charge in [0.15, 0.2) is 0 Å². The smallest absolute Gasteiger partial charge is 0.238 e. The van der Waals surface area contributed by atoms with E-state index in [0.717, 1.165) is 11.1 Å².